The zero-order valence-electron chi connectivity index (χ0n) is 49.5. The molecule has 0 nitrogen and oxygen atoms in total. The van der Waals surface area contributed by atoms with Crippen molar-refractivity contribution in [2.45, 2.75) is 195 Å². The van der Waals surface area contributed by atoms with E-state index in [1.54, 1.807) is 0 Å². The van der Waals surface area contributed by atoms with Gasteiger partial charge in [-0.15, -0.1) is 44.8 Å². The molecule has 2 heteroatoms. The first-order valence-electron chi connectivity index (χ1n) is 29.1. The van der Waals surface area contributed by atoms with Crippen LogP contribution in [0.25, 0.3) is 66.1 Å². The van der Waals surface area contributed by atoms with E-state index in [-0.39, 0.29) is 47.9 Å². The Labute approximate surface area is 484 Å². The van der Waals surface area contributed by atoms with E-state index < -0.39 is 0 Å². The molecule has 0 aromatic heterocycles. The van der Waals surface area contributed by atoms with Crippen molar-refractivity contribution in [3.63, 3.8) is 0 Å². The number of benzene rings is 6. The Morgan fingerprint density at radius 1 is 0.355 bits per heavy atom. The Bertz CT molecular complexity index is 2670. The van der Waals surface area contributed by atoms with Gasteiger partial charge in [-0.2, -0.15) is 12.1 Å². The maximum absolute atomic E-state index is 2.50. The molecule has 2 aliphatic rings. The molecule has 396 valence electrons. The van der Waals surface area contributed by atoms with Crippen molar-refractivity contribution in [2.75, 3.05) is 0 Å². The van der Waals surface area contributed by atoms with E-state index in [1.165, 1.54) is 176 Å². The first-order chi connectivity index (χ1) is 35.6. The van der Waals surface area contributed by atoms with Crippen LogP contribution < -0.4 is 0 Å². The predicted molar refractivity (Wildman–Crippen MR) is 334 cm³/mol. The molecule has 0 saturated heterocycles. The van der Waals surface area contributed by atoms with Gasteiger partial charge in [0.1, 0.15) is 0 Å². The summed E-state index contributed by atoms with van der Waals surface area (Å²) in [6, 6.07) is 56.5. The molecular formula is C74H92SiZr. The van der Waals surface area contributed by atoms with Crippen LogP contribution >= 0.6 is 0 Å². The van der Waals surface area contributed by atoms with Crippen LogP contribution in [0.2, 0.25) is 13.1 Å². The minimum atomic E-state index is 0. The van der Waals surface area contributed by atoms with E-state index in [2.05, 4.69) is 242 Å². The van der Waals surface area contributed by atoms with Crippen molar-refractivity contribution in [1.82, 2.24) is 0 Å². The predicted octanol–water partition coefficient (Wildman–Crippen LogP) is 22.0. The van der Waals surface area contributed by atoms with Crippen LogP contribution in [0.4, 0.5) is 0 Å². The molecule has 2 aliphatic carbocycles. The number of fused-ring (bicyclic) bond motifs is 2. The topological polar surface area (TPSA) is 0 Å². The SMILES string of the molecule is CC(C)(C)c1ccc(-c2ccc(-c3ccc(C(C)(C)C)cc3)c3[cH-]c(CC4CCCCC4)cc23)cc1.CC(C)(C)c1ccc(-c2ccc(-c3ccc(C(C)(C)C)cc3)c3[cH-]c(CC4CCCCC4)cc23)cc1.C[Si]C.[Zr+2]. The second-order valence-electron chi connectivity index (χ2n) is 26.9. The summed E-state index contributed by atoms with van der Waals surface area (Å²) in [5, 5.41) is 5.62. The van der Waals surface area contributed by atoms with E-state index in [4.69, 9.17) is 0 Å². The van der Waals surface area contributed by atoms with Crippen molar-refractivity contribution >= 4 is 31.1 Å². The van der Waals surface area contributed by atoms with Gasteiger partial charge in [-0.25, -0.2) is 0 Å². The molecule has 0 spiro atoms. The van der Waals surface area contributed by atoms with Crippen LogP contribution in [-0.2, 0) is 60.7 Å². The van der Waals surface area contributed by atoms with Crippen LogP contribution in [0.3, 0.4) is 0 Å². The minimum Gasteiger partial charge on any atom is -0.164 e. The van der Waals surface area contributed by atoms with E-state index in [0.717, 1.165) is 21.4 Å². The molecule has 0 bridgehead atoms. The first-order valence-corrected chi connectivity index (χ1v) is 31.1. The van der Waals surface area contributed by atoms with Gasteiger partial charge in [0.25, 0.3) is 0 Å². The largest absolute Gasteiger partial charge is 2.00 e. The van der Waals surface area contributed by atoms with Gasteiger partial charge in [-0.05, 0) is 79.7 Å². The molecule has 0 N–H and O–H groups in total. The fourth-order valence-corrected chi connectivity index (χ4v) is 12.0. The molecule has 0 atom stereocenters. The van der Waals surface area contributed by atoms with E-state index in [9.17, 15) is 0 Å². The molecule has 10 rings (SSSR count). The molecule has 2 fully saturated rings. The van der Waals surface area contributed by atoms with Gasteiger partial charge in [0, 0.05) is 9.52 Å². The zero-order chi connectivity index (χ0) is 53.7. The van der Waals surface area contributed by atoms with Crippen molar-refractivity contribution < 1.29 is 26.2 Å². The molecular weight excluding hydrogens is 1010 g/mol. The molecule has 76 heavy (non-hydrogen) atoms. The summed E-state index contributed by atoms with van der Waals surface area (Å²) in [5.41, 5.74) is 20.0. The summed E-state index contributed by atoms with van der Waals surface area (Å²) < 4.78 is 0. The second kappa shape index (κ2) is 25.2. The Morgan fingerprint density at radius 3 is 0.842 bits per heavy atom. The molecule has 2 saturated carbocycles. The van der Waals surface area contributed by atoms with Gasteiger partial charge in [0.2, 0.25) is 0 Å². The maximum atomic E-state index is 2.50. The van der Waals surface area contributed by atoms with Gasteiger partial charge >= 0.3 is 26.2 Å². The molecule has 0 aliphatic heterocycles. The fourth-order valence-electron chi connectivity index (χ4n) is 12.0. The summed E-state index contributed by atoms with van der Waals surface area (Å²) >= 11 is 0. The van der Waals surface area contributed by atoms with Crippen molar-refractivity contribution in [1.29, 1.82) is 0 Å². The summed E-state index contributed by atoms with van der Waals surface area (Å²) in [7, 11) is 1.08. The van der Waals surface area contributed by atoms with Gasteiger partial charge in [-0.3, -0.25) is 0 Å². The van der Waals surface area contributed by atoms with Crippen LogP contribution in [0.5, 0.6) is 0 Å². The Hall–Kier alpha value is -4.36. The molecule has 2 radical (unpaired) electrons. The van der Waals surface area contributed by atoms with Crippen LogP contribution in [0.15, 0.2) is 146 Å². The maximum Gasteiger partial charge on any atom is 2.00 e. The summed E-state index contributed by atoms with van der Waals surface area (Å²) in [6.45, 7) is 31.7. The van der Waals surface area contributed by atoms with Gasteiger partial charge < -0.3 is 0 Å². The van der Waals surface area contributed by atoms with Gasteiger partial charge in [0.15, 0.2) is 0 Å². The van der Waals surface area contributed by atoms with Crippen LogP contribution in [-0.4, -0.2) is 9.52 Å². The smallest absolute Gasteiger partial charge is 0.164 e. The molecule has 0 unspecified atom stereocenters. The third-order valence-corrected chi connectivity index (χ3v) is 16.6. The van der Waals surface area contributed by atoms with E-state index >= 15 is 0 Å². The fraction of sp³-hybridized carbons (Fsp3) is 0.432. The second-order valence-corrected chi connectivity index (χ2v) is 27.9. The van der Waals surface area contributed by atoms with Gasteiger partial charge in [-0.1, -0.05) is 315 Å². The third kappa shape index (κ3) is 14.7. The molecule has 0 amide bonds. The van der Waals surface area contributed by atoms with Crippen molar-refractivity contribution in [3.8, 4) is 44.5 Å². The zero-order valence-corrected chi connectivity index (χ0v) is 53.0. The van der Waals surface area contributed by atoms with E-state index in [1.807, 2.05) is 0 Å². The summed E-state index contributed by atoms with van der Waals surface area (Å²) in [4.78, 5) is 0. The van der Waals surface area contributed by atoms with Crippen LogP contribution in [0, 0.1) is 11.8 Å². The molecule has 8 aromatic carbocycles. The van der Waals surface area contributed by atoms with E-state index in [0.29, 0.717) is 0 Å². The Morgan fingerprint density at radius 2 is 0.592 bits per heavy atom. The summed E-state index contributed by atoms with van der Waals surface area (Å²) in [6.07, 6.45) is 16.5. The van der Waals surface area contributed by atoms with Crippen molar-refractivity contribution in [3.05, 3.63) is 179 Å². The number of hydrogen-bond acceptors (Lipinski definition) is 0. The van der Waals surface area contributed by atoms with Gasteiger partial charge in [0.05, 0.1) is 0 Å². The summed E-state index contributed by atoms with van der Waals surface area (Å²) in [5.74, 6) is 1.69. The quantitative estimate of drug-likeness (QED) is 0.105. The van der Waals surface area contributed by atoms with Crippen molar-refractivity contribution in [2.24, 2.45) is 11.8 Å². The number of rotatable bonds is 8. The average Bonchev–Trinajstić information content (AvgIpc) is 4.00. The molecule has 0 heterocycles. The normalized spacial score (nSPS) is 14.9. The molecule has 8 aromatic rings. The van der Waals surface area contributed by atoms with Crippen LogP contribution in [0.1, 0.15) is 181 Å². The Kier molecular flexibility index (Phi) is 19.6. The number of hydrogen-bond donors (Lipinski definition) is 0. The Balaban J connectivity index is 0.000000208. The minimum absolute atomic E-state index is 0. The third-order valence-electron chi connectivity index (χ3n) is 16.6. The standard InChI is InChI=1S/2C36H43.C2H6Si.Zr/c2*1-35(2,3)29-16-12-27(13-17-29)31-20-21-32(28-14-18-30(19-15-28)36(4,5)6)34-24-26(23-33(31)34)22-25-10-8-7-9-11-25;1-3-2;/h2*12-21,23-25H,7-11,22H2,1-6H3;1-2H3;/q2*-1;;+2. The monoisotopic (exact) mass is 1100 g/mol. The first kappa shape index (κ1) is 59.3. The average molecular weight is 1100 g/mol.